The van der Waals surface area contributed by atoms with Crippen LogP contribution >= 0.6 is 11.3 Å². The molecule has 11 aromatic rings. The number of pyridine rings is 1. The van der Waals surface area contributed by atoms with E-state index in [1.807, 2.05) is 11.3 Å². The van der Waals surface area contributed by atoms with Crippen molar-refractivity contribution >= 4 is 91.5 Å². The molecule has 0 atom stereocenters. The SMILES string of the molecule is c1ccc2cc3c(cc2c1)nc1c2sc4cc5ccccc5cc4c2cc(-c2ccc(-n4c5ccccc5c5ccccc54)cc2)n31. The van der Waals surface area contributed by atoms with Crippen LogP contribution in [0.3, 0.4) is 0 Å². The number of fused-ring (bicyclic) bond motifs is 12. The summed E-state index contributed by atoms with van der Waals surface area (Å²) in [6.07, 6.45) is 0. The summed E-state index contributed by atoms with van der Waals surface area (Å²) in [5.41, 5.74) is 9.05. The fraction of sp³-hybridized carbons (Fsp3) is 0. The van der Waals surface area contributed by atoms with Crippen LogP contribution in [-0.2, 0) is 0 Å². The van der Waals surface area contributed by atoms with Gasteiger partial charge in [0.25, 0.3) is 0 Å². The zero-order chi connectivity index (χ0) is 30.6. The Morgan fingerprint density at radius 2 is 1.06 bits per heavy atom. The van der Waals surface area contributed by atoms with Crippen LogP contribution in [0.25, 0.3) is 97.1 Å². The van der Waals surface area contributed by atoms with Crippen LogP contribution in [0.2, 0.25) is 0 Å². The second kappa shape index (κ2) is 9.29. The Morgan fingerprint density at radius 1 is 0.468 bits per heavy atom. The molecule has 0 aliphatic heterocycles. The highest BCUT2D eigenvalue weighted by molar-refractivity contribution is 7.26. The van der Waals surface area contributed by atoms with Crippen LogP contribution in [0.15, 0.2) is 152 Å². The first-order valence-electron chi connectivity index (χ1n) is 16.0. The van der Waals surface area contributed by atoms with E-state index in [-0.39, 0.29) is 0 Å². The molecule has 7 aromatic carbocycles. The molecule has 0 bridgehead atoms. The van der Waals surface area contributed by atoms with E-state index in [1.54, 1.807) is 0 Å². The summed E-state index contributed by atoms with van der Waals surface area (Å²) >= 11 is 1.85. The molecule has 0 radical (unpaired) electrons. The molecule has 0 aliphatic carbocycles. The first-order valence-corrected chi connectivity index (χ1v) is 16.8. The number of aromatic nitrogens is 3. The number of hydrogen-bond donors (Lipinski definition) is 0. The Bertz CT molecular complexity index is 3010. The third-order valence-corrected chi connectivity index (χ3v) is 11.0. The molecule has 4 heteroatoms. The fourth-order valence-electron chi connectivity index (χ4n) is 7.67. The van der Waals surface area contributed by atoms with E-state index in [4.69, 9.17) is 4.98 Å². The summed E-state index contributed by atoms with van der Waals surface area (Å²) < 4.78 is 7.27. The molecule has 0 saturated carbocycles. The molecule has 11 rings (SSSR count). The molecule has 0 unspecified atom stereocenters. The third kappa shape index (κ3) is 3.53. The van der Waals surface area contributed by atoms with Crippen molar-refractivity contribution in [2.75, 3.05) is 0 Å². The van der Waals surface area contributed by atoms with E-state index >= 15 is 0 Å². The van der Waals surface area contributed by atoms with Crippen LogP contribution in [0.1, 0.15) is 0 Å². The van der Waals surface area contributed by atoms with Gasteiger partial charge in [-0.15, -0.1) is 11.3 Å². The van der Waals surface area contributed by atoms with Crippen LogP contribution in [0.5, 0.6) is 0 Å². The van der Waals surface area contributed by atoms with Crippen molar-refractivity contribution in [2.45, 2.75) is 0 Å². The molecular formula is C43H25N3S. The Labute approximate surface area is 273 Å². The largest absolute Gasteiger partial charge is 0.309 e. The van der Waals surface area contributed by atoms with Crippen molar-refractivity contribution in [1.29, 1.82) is 0 Å². The van der Waals surface area contributed by atoms with Gasteiger partial charge >= 0.3 is 0 Å². The molecule has 47 heavy (non-hydrogen) atoms. The lowest BCUT2D eigenvalue weighted by Crippen LogP contribution is -1.96. The van der Waals surface area contributed by atoms with Gasteiger partial charge in [0.15, 0.2) is 5.65 Å². The smallest absolute Gasteiger partial charge is 0.156 e. The summed E-state index contributed by atoms with van der Waals surface area (Å²) in [7, 11) is 0. The molecule has 4 heterocycles. The van der Waals surface area contributed by atoms with Gasteiger partial charge < -0.3 is 4.57 Å². The standard InChI is InChI=1S/C43H25N3S/c1-4-12-30-24-41-34(21-27(30)9-1)35-25-39(46-40-23-29-11-3-2-10-28(29)22-36(40)44-43(46)42(35)47-41)26-17-19-31(20-18-26)45-37-15-7-5-13-32(37)33-14-6-8-16-38(33)45/h1-25H. The maximum atomic E-state index is 5.34. The molecule has 0 saturated heterocycles. The molecule has 3 nitrogen and oxygen atoms in total. The zero-order valence-electron chi connectivity index (χ0n) is 25.2. The highest BCUT2D eigenvalue weighted by Crippen LogP contribution is 2.42. The van der Waals surface area contributed by atoms with Crippen molar-refractivity contribution in [3.05, 3.63) is 152 Å². The van der Waals surface area contributed by atoms with Crippen molar-refractivity contribution in [3.8, 4) is 16.9 Å². The summed E-state index contributed by atoms with van der Waals surface area (Å²) in [6.45, 7) is 0. The summed E-state index contributed by atoms with van der Waals surface area (Å²) in [6, 6.07) is 55.3. The molecule has 0 aliphatic rings. The van der Waals surface area contributed by atoms with Crippen LogP contribution in [0, 0.1) is 0 Å². The minimum absolute atomic E-state index is 1.01. The summed E-state index contributed by atoms with van der Waals surface area (Å²) in [5.74, 6) is 0. The van der Waals surface area contributed by atoms with Gasteiger partial charge in [0, 0.05) is 31.9 Å². The van der Waals surface area contributed by atoms with E-state index in [9.17, 15) is 0 Å². The predicted octanol–water partition coefficient (Wildman–Crippen LogP) is 11.9. The summed E-state index contributed by atoms with van der Waals surface area (Å²) in [5, 5.41) is 10.0. The van der Waals surface area contributed by atoms with Gasteiger partial charge in [-0.3, -0.25) is 4.40 Å². The molecule has 4 aromatic heterocycles. The molecular weight excluding hydrogens is 591 g/mol. The maximum absolute atomic E-state index is 5.34. The maximum Gasteiger partial charge on any atom is 0.156 e. The second-order valence-electron chi connectivity index (χ2n) is 12.4. The van der Waals surface area contributed by atoms with E-state index in [1.165, 1.54) is 63.5 Å². The van der Waals surface area contributed by atoms with Gasteiger partial charge in [-0.2, -0.15) is 0 Å². The first kappa shape index (κ1) is 25.2. The lowest BCUT2D eigenvalue weighted by Gasteiger charge is -2.12. The van der Waals surface area contributed by atoms with E-state index in [0.717, 1.165) is 33.6 Å². The van der Waals surface area contributed by atoms with Crippen molar-refractivity contribution in [1.82, 2.24) is 14.0 Å². The average Bonchev–Trinajstić information content (AvgIpc) is 3.79. The minimum atomic E-state index is 1.01. The van der Waals surface area contributed by atoms with Crippen molar-refractivity contribution in [3.63, 3.8) is 0 Å². The molecule has 0 N–H and O–H groups in total. The topological polar surface area (TPSA) is 22.2 Å². The molecule has 0 amide bonds. The quantitative estimate of drug-likeness (QED) is 0.190. The Hall–Kier alpha value is -5.97. The van der Waals surface area contributed by atoms with Gasteiger partial charge in [0.1, 0.15) is 0 Å². The number of thiophene rings is 1. The van der Waals surface area contributed by atoms with E-state index < -0.39 is 0 Å². The minimum Gasteiger partial charge on any atom is -0.309 e. The molecule has 0 fully saturated rings. The third-order valence-electron chi connectivity index (χ3n) is 9.84. The lowest BCUT2D eigenvalue weighted by molar-refractivity contribution is 1.18. The number of imidazole rings is 1. The molecule has 0 spiro atoms. The van der Waals surface area contributed by atoms with Crippen LogP contribution in [0.4, 0.5) is 0 Å². The zero-order valence-corrected chi connectivity index (χ0v) is 26.0. The summed E-state index contributed by atoms with van der Waals surface area (Å²) in [4.78, 5) is 5.34. The highest BCUT2D eigenvalue weighted by atomic mass is 32.1. The number of nitrogens with zero attached hydrogens (tertiary/aromatic N) is 3. The van der Waals surface area contributed by atoms with Gasteiger partial charge in [-0.1, -0.05) is 97.1 Å². The van der Waals surface area contributed by atoms with Crippen LogP contribution < -0.4 is 0 Å². The predicted molar refractivity (Wildman–Crippen MR) is 200 cm³/mol. The fourth-order valence-corrected chi connectivity index (χ4v) is 8.86. The van der Waals surface area contributed by atoms with Gasteiger partial charge in [0.2, 0.25) is 0 Å². The van der Waals surface area contributed by atoms with Crippen molar-refractivity contribution < 1.29 is 0 Å². The van der Waals surface area contributed by atoms with Gasteiger partial charge in [0.05, 0.1) is 32.5 Å². The number of para-hydroxylation sites is 2. The lowest BCUT2D eigenvalue weighted by atomic mass is 10.0. The Kier molecular flexibility index (Phi) is 4.99. The van der Waals surface area contributed by atoms with Crippen LogP contribution in [-0.4, -0.2) is 14.0 Å². The van der Waals surface area contributed by atoms with E-state index in [0.29, 0.717) is 0 Å². The monoisotopic (exact) mass is 615 g/mol. The van der Waals surface area contributed by atoms with Gasteiger partial charge in [-0.05, 0) is 81.7 Å². The van der Waals surface area contributed by atoms with E-state index in [2.05, 4.69) is 161 Å². The number of hydrogen-bond acceptors (Lipinski definition) is 2. The van der Waals surface area contributed by atoms with Gasteiger partial charge in [-0.25, -0.2) is 4.98 Å². The number of rotatable bonds is 2. The highest BCUT2D eigenvalue weighted by Gasteiger charge is 2.19. The Morgan fingerprint density at radius 3 is 1.77 bits per heavy atom. The molecule has 218 valence electrons. The number of benzene rings is 7. The first-order chi connectivity index (χ1) is 23.3. The second-order valence-corrected chi connectivity index (χ2v) is 13.5. The Balaban J connectivity index is 1.21. The van der Waals surface area contributed by atoms with Crippen molar-refractivity contribution in [2.24, 2.45) is 0 Å². The average molecular weight is 616 g/mol. The normalized spacial score (nSPS) is 12.3.